The quantitative estimate of drug-likeness (QED) is 0.721. The molecule has 2 atom stereocenters. The highest BCUT2D eigenvalue weighted by atomic mass is 15.0. The zero-order chi connectivity index (χ0) is 9.68. The van der Waals surface area contributed by atoms with Gasteiger partial charge in [-0.3, -0.25) is 5.32 Å². The fraction of sp³-hybridized carbons (Fsp3) is 0.909. The van der Waals surface area contributed by atoms with Gasteiger partial charge in [0.15, 0.2) is 0 Å². The molecule has 0 aliphatic heterocycles. The smallest absolute Gasteiger partial charge is 0.0980 e. The van der Waals surface area contributed by atoms with Gasteiger partial charge in [0.05, 0.1) is 12.1 Å². The fourth-order valence-electron chi connectivity index (χ4n) is 1.91. The monoisotopic (exact) mass is 180 g/mol. The van der Waals surface area contributed by atoms with Gasteiger partial charge in [-0.2, -0.15) is 5.26 Å². The summed E-state index contributed by atoms with van der Waals surface area (Å²) in [6.45, 7) is 4.29. The lowest BCUT2D eigenvalue weighted by Crippen LogP contribution is -2.39. The molecule has 13 heavy (non-hydrogen) atoms. The van der Waals surface area contributed by atoms with Crippen molar-refractivity contribution in [1.29, 1.82) is 5.26 Å². The molecule has 1 rings (SSSR count). The van der Waals surface area contributed by atoms with Crippen molar-refractivity contribution in [3.8, 4) is 6.07 Å². The van der Waals surface area contributed by atoms with Gasteiger partial charge in [-0.1, -0.05) is 33.1 Å². The van der Waals surface area contributed by atoms with Gasteiger partial charge in [-0.05, 0) is 18.8 Å². The molecule has 1 aliphatic carbocycles. The van der Waals surface area contributed by atoms with Gasteiger partial charge in [0.2, 0.25) is 0 Å². The van der Waals surface area contributed by atoms with E-state index in [1.807, 2.05) is 0 Å². The van der Waals surface area contributed by atoms with Gasteiger partial charge >= 0.3 is 0 Å². The molecule has 1 N–H and O–H groups in total. The van der Waals surface area contributed by atoms with Gasteiger partial charge in [0.25, 0.3) is 0 Å². The summed E-state index contributed by atoms with van der Waals surface area (Å²) in [6, 6.07) is 3.04. The molecule has 0 spiro atoms. The highest BCUT2D eigenvalue weighted by molar-refractivity contribution is 4.95. The highest BCUT2D eigenvalue weighted by Gasteiger charge is 2.21. The number of rotatable bonds is 4. The second-order valence-corrected chi connectivity index (χ2v) is 4.14. The van der Waals surface area contributed by atoms with Gasteiger partial charge < -0.3 is 0 Å². The van der Waals surface area contributed by atoms with Crippen LogP contribution in [0.15, 0.2) is 0 Å². The Hall–Kier alpha value is -0.550. The molecule has 74 valence electrons. The Labute approximate surface area is 81.3 Å². The summed E-state index contributed by atoms with van der Waals surface area (Å²) in [4.78, 5) is 0. The van der Waals surface area contributed by atoms with E-state index in [9.17, 15) is 0 Å². The third-order valence-electron chi connectivity index (χ3n) is 3.12. The topological polar surface area (TPSA) is 35.8 Å². The lowest BCUT2D eigenvalue weighted by Gasteiger charge is -2.21. The number of nitriles is 1. The van der Waals surface area contributed by atoms with E-state index in [1.165, 1.54) is 25.7 Å². The molecule has 2 nitrogen and oxygen atoms in total. The van der Waals surface area contributed by atoms with Crippen LogP contribution in [0, 0.1) is 17.2 Å². The minimum absolute atomic E-state index is 0.0631. The lowest BCUT2D eigenvalue weighted by atomic mass is 9.99. The van der Waals surface area contributed by atoms with Gasteiger partial charge in [0.1, 0.15) is 0 Å². The zero-order valence-electron chi connectivity index (χ0n) is 8.71. The molecular formula is C11H20N2. The van der Waals surface area contributed by atoms with Crippen molar-refractivity contribution in [2.45, 2.75) is 58.0 Å². The Morgan fingerprint density at radius 2 is 2.08 bits per heavy atom. The first-order valence-corrected chi connectivity index (χ1v) is 5.43. The van der Waals surface area contributed by atoms with E-state index in [0.717, 1.165) is 6.42 Å². The zero-order valence-corrected chi connectivity index (χ0v) is 8.71. The lowest BCUT2D eigenvalue weighted by molar-refractivity contribution is 0.383. The van der Waals surface area contributed by atoms with Crippen molar-refractivity contribution in [3.63, 3.8) is 0 Å². The van der Waals surface area contributed by atoms with Crippen molar-refractivity contribution in [2.24, 2.45) is 5.92 Å². The van der Waals surface area contributed by atoms with Gasteiger partial charge in [-0.25, -0.2) is 0 Å². The van der Waals surface area contributed by atoms with Crippen molar-refractivity contribution in [1.82, 2.24) is 5.32 Å². The Kier molecular flexibility index (Phi) is 4.24. The molecule has 1 fully saturated rings. The van der Waals surface area contributed by atoms with Crippen LogP contribution in [0.3, 0.4) is 0 Å². The van der Waals surface area contributed by atoms with E-state index in [-0.39, 0.29) is 6.04 Å². The molecule has 1 saturated carbocycles. The van der Waals surface area contributed by atoms with Crippen LogP contribution in [-0.4, -0.2) is 12.1 Å². The van der Waals surface area contributed by atoms with Crippen LogP contribution in [0.5, 0.6) is 0 Å². The SMILES string of the molecule is CCC(C)C(C#N)NC1CCCC1. The van der Waals surface area contributed by atoms with Crippen LogP contribution in [-0.2, 0) is 0 Å². The van der Waals surface area contributed by atoms with Crippen LogP contribution in [0.4, 0.5) is 0 Å². The van der Waals surface area contributed by atoms with E-state index in [2.05, 4.69) is 25.2 Å². The van der Waals surface area contributed by atoms with Crippen molar-refractivity contribution in [2.75, 3.05) is 0 Å². The fourth-order valence-corrected chi connectivity index (χ4v) is 1.91. The van der Waals surface area contributed by atoms with Crippen LogP contribution >= 0.6 is 0 Å². The minimum Gasteiger partial charge on any atom is -0.299 e. The molecule has 0 aromatic heterocycles. The molecule has 0 aromatic carbocycles. The summed E-state index contributed by atoms with van der Waals surface area (Å²) in [6.07, 6.45) is 6.26. The summed E-state index contributed by atoms with van der Waals surface area (Å²) >= 11 is 0. The molecule has 0 heterocycles. The predicted octanol–water partition coefficient (Wildman–Crippen LogP) is 2.46. The molecule has 0 bridgehead atoms. The largest absolute Gasteiger partial charge is 0.299 e. The van der Waals surface area contributed by atoms with Gasteiger partial charge in [0, 0.05) is 6.04 Å². The Morgan fingerprint density at radius 3 is 2.54 bits per heavy atom. The molecule has 0 saturated heterocycles. The van der Waals surface area contributed by atoms with E-state index in [4.69, 9.17) is 5.26 Å². The third kappa shape index (κ3) is 3.00. The van der Waals surface area contributed by atoms with Crippen molar-refractivity contribution in [3.05, 3.63) is 0 Å². The summed E-state index contributed by atoms with van der Waals surface area (Å²) in [7, 11) is 0. The maximum absolute atomic E-state index is 8.98. The second-order valence-electron chi connectivity index (χ2n) is 4.14. The van der Waals surface area contributed by atoms with Crippen LogP contribution in [0.2, 0.25) is 0 Å². The van der Waals surface area contributed by atoms with E-state index in [1.54, 1.807) is 0 Å². The molecule has 2 heteroatoms. The average Bonchev–Trinajstić information content (AvgIpc) is 2.65. The Morgan fingerprint density at radius 1 is 1.46 bits per heavy atom. The number of hydrogen-bond acceptors (Lipinski definition) is 2. The van der Waals surface area contributed by atoms with Crippen LogP contribution < -0.4 is 5.32 Å². The number of hydrogen-bond donors (Lipinski definition) is 1. The predicted molar refractivity (Wildman–Crippen MR) is 54.2 cm³/mol. The van der Waals surface area contributed by atoms with Crippen molar-refractivity contribution >= 4 is 0 Å². The molecule has 0 amide bonds. The third-order valence-corrected chi connectivity index (χ3v) is 3.12. The summed E-state index contributed by atoms with van der Waals surface area (Å²) < 4.78 is 0. The van der Waals surface area contributed by atoms with Gasteiger partial charge in [-0.15, -0.1) is 0 Å². The summed E-state index contributed by atoms with van der Waals surface area (Å²) in [5.41, 5.74) is 0. The second kappa shape index (κ2) is 5.24. The highest BCUT2D eigenvalue weighted by Crippen LogP contribution is 2.19. The molecule has 1 aliphatic rings. The Balaban J connectivity index is 2.35. The van der Waals surface area contributed by atoms with Crippen LogP contribution in [0.25, 0.3) is 0 Å². The molecule has 0 aromatic rings. The first-order valence-electron chi connectivity index (χ1n) is 5.43. The number of nitrogens with one attached hydrogen (secondary N) is 1. The van der Waals surface area contributed by atoms with Crippen LogP contribution in [0.1, 0.15) is 46.0 Å². The maximum Gasteiger partial charge on any atom is 0.0980 e. The van der Waals surface area contributed by atoms with E-state index in [0.29, 0.717) is 12.0 Å². The van der Waals surface area contributed by atoms with Crippen molar-refractivity contribution < 1.29 is 0 Å². The van der Waals surface area contributed by atoms with E-state index < -0.39 is 0 Å². The molecule has 2 unspecified atom stereocenters. The van der Waals surface area contributed by atoms with E-state index >= 15 is 0 Å². The first-order chi connectivity index (χ1) is 6.27. The minimum atomic E-state index is 0.0631. The Bertz CT molecular complexity index is 177. The first kappa shape index (κ1) is 10.5. The normalized spacial score (nSPS) is 22.5. The maximum atomic E-state index is 8.98. The molecular weight excluding hydrogens is 160 g/mol. The summed E-state index contributed by atoms with van der Waals surface area (Å²) in [5, 5.41) is 12.4. The molecule has 0 radical (unpaired) electrons. The average molecular weight is 180 g/mol. The standard InChI is InChI=1S/C11H20N2/c1-3-9(2)11(8-12)13-10-6-4-5-7-10/h9-11,13H,3-7H2,1-2H3. The summed E-state index contributed by atoms with van der Waals surface area (Å²) in [5.74, 6) is 0.477. The number of nitrogens with zero attached hydrogens (tertiary/aromatic N) is 1.